The number of aromatic nitrogens is 3. The molecule has 3 aromatic carbocycles. The molecule has 0 bridgehead atoms. The molecule has 7 rings (SSSR count). The molecule has 1 saturated heterocycles. The Morgan fingerprint density at radius 3 is 2.73 bits per heavy atom. The Morgan fingerprint density at radius 2 is 1.83 bits per heavy atom. The molecule has 0 aliphatic carbocycles. The fourth-order valence-electron chi connectivity index (χ4n) is 5.83. The van der Waals surface area contributed by atoms with Crippen LogP contribution < -0.4 is 10.3 Å². The summed E-state index contributed by atoms with van der Waals surface area (Å²) in [6, 6.07) is 19.9. The van der Waals surface area contributed by atoms with Gasteiger partial charge in [-0.3, -0.25) is 20.2 Å². The number of nitrogens with one attached hydrogen (secondary N) is 1. The van der Waals surface area contributed by atoms with Crippen LogP contribution in [0.2, 0.25) is 0 Å². The molecular formula is C31H33FN8O. The van der Waals surface area contributed by atoms with E-state index < -0.39 is 0 Å². The standard InChI is InChI=1S/C31H33FN8O/c32-27-3-1-2-23(14-27)18-38-9-8-24-16-30(6-4-25(24)19-38)39-22-33-17-26-15-28(5-7-31(26)39)35-40-21-29(34-36-40)20-37-10-12-41-13-11-37/h1-7,14-17,21,35H,8-13,18-20,22H2. The van der Waals surface area contributed by atoms with Gasteiger partial charge < -0.3 is 9.64 Å². The molecule has 9 nitrogen and oxygen atoms in total. The molecule has 0 amide bonds. The van der Waals surface area contributed by atoms with Crippen molar-refractivity contribution in [2.45, 2.75) is 26.1 Å². The fraction of sp³-hybridized carbons (Fsp3) is 0.323. The Bertz CT molecular complexity index is 1560. The smallest absolute Gasteiger partial charge is 0.123 e. The quantitative estimate of drug-likeness (QED) is 0.368. The second-order valence-corrected chi connectivity index (χ2v) is 10.9. The molecule has 0 atom stereocenters. The lowest BCUT2D eigenvalue weighted by molar-refractivity contribution is 0.0336. The van der Waals surface area contributed by atoms with Crippen molar-refractivity contribution < 1.29 is 9.13 Å². The Labute approximate surface area is 238 Å². The molecule has 4 heterocycles. The highest BCUT2D eigenvalue weighted by Crippen LogP contribution is 2.34. The molecule has 3 aliphatic rings. The highest BCUT2D eigenvalue weighted by molar-refractivity contribution is 5.93. The number of ether oxygens (including phenoxy) is 1. The van der Waals surface area contributed by atoms with Crippen LogP contribution >= 0.6 is 0 Å². The number of aliphatic imine (C=N–C) groups is 1. The zero-order valence-corrected chi connectivity index (χ0v) is 22.9. The van der Waals surface area contributed by atoms with Gasteiger partial charge in [0, 0.05) is 56.7 Å². The summed E-state index contributed by atoms with van der Waals surface area (Å²) in [4.78, 5) is 13.3. The highest BCUT2D eigenvalue weighted by atomic mass is 19.1. The van der Waals surface area contributed by atoms with Crippen molar-refractivity contribution in [3.05, 3.63) is 101 Å². The zero-order chi connectivity index (χ0) is 27.6. The van der Waals surface area contributed by atoms with E-state index in [0.29, 0.717) is 6.67 Å². The summed E-state index contributed by atoms with van der Waals surface area (Å²) in [6.45, 7) is 7.29. The van der Waals surface area contributed by atoms with Crippen LogP contribution in [-0.2, 0) is 30.8 Å². The van der Waals surface area contributed by atoms with Gasteiger partial charge in [-0.1, -0.05) is 18.2 Å². The number of anilines is 3. The monoisotopic (exact) mass is 552 g/mol. The third kappa shape index (κ3) is 5.85. The molecule has 3 aliphatic heterocycles. The predicted molar refractivity (Wildman–Crippen MR) is 157 cm³/mol. The first-order chi connectivity index (χ1) is 20.2. The first-order valence-corrected chi connectivity index (χ1v) is 14.1. The van der Waals surface area contributed by atoms with E-state index in [-0.39, 0.29) is 5.82 Å². The number of benzene rings is 3. The van der Waals surface area contributed by atoms with E-state index in [9.17, 15) is 4.39 Å². The van der Waals surface area contributed by atoms with E-state index in [2.05, 4.69) is 71.8 Å². The molecule has 1 fully saturated rings. The summed E-state index contributed by atoms with van der Waals surface area (Å²) in [5.74, 6) is -0.177. The van der Waals surface area contributed by atoms with Crippen LogP contribution in [0, 0.1) is 5.82 Å². The van der Waals surface area contributed by atoms with Crippen LogP contribution in [0.1, 0.15) is 27.9 Å². The van der Waals surface area contributed by atoms with Gasteiger partial charge in [-0.25, -0.2) is 4.39 Å². The number of hydrogen-bond acceptors (Lipinski definition) is 8. The molecule has 0 unspecified atom stereocenters. The van der Waals surface area contributed by atoms with E-state index >= 15 is 0 Å². The molecule has 41 heavy (non-hydrogen) atoms. The Morgan fingerprint density at radius 1 is 0.902 bits per heavy atom. The molecular weight excluding hydrogens is 519 g/mol. The van der Waals surface area contributed by atoms with Gasteiger partial charge in [0.25, 0.3) is 0 Å². The Kier molecular flexibility index (Phi) is 7.18. The fourth-order valence-corrected chi connectivity index (χ4v) is 5.83. The third-order valence-electron chi connectivity index (χ3n) is 7.93. The lowest BCUT2D eigenvalue weighted by atomic mass is 9.98. The van der Waals surface area contributed by atoms with Crippen molar-refractivity contribution in [3.63, 3.8) is 0 Å². The van der Waals surface area contributed by atoms with Gasteiger partial charge in [-0.2, -0.15) is 4.79 Å². The number of rotatable bonds is 7. The summed E-state index contributed by atoms with van der Waals surface area (Å²) < 4.78 is 19.1. The normalized spacial score (nSPS) is 17.3. The summed E-state index contributed by atoms with van der Waals surface area (Å²) in [5, 5.41) is 8.58. The number of fused-ring (bicyclic) bond motifs is 2. The molecule has 210 valence electrons. The maximum atomic E-state index is 13.6. The molecule has 10 heteroatoms. The lowest BCUT2D eigenvalue weighted by Gasteiger charge is -2.32. The predicted octanol–water partition coefficient (Wildman–Crippen LogP) is 4.21. The van der Waals surface area contributed by atoms with Gasteiger partial charge in [0.2, 0.25) is 0 Å². The molecule has 0 saturated carbocycles. The van der Waals surface area contributed by atoms with Crippen molar-refractivity contribution in [1.29, 1.82) is 0 Å². The van der Waals surface area contributed by atoms with Crippen LogP contribution in [0.3, 0.4) is 0 Å². The van der Waals surface area contributed by atoms with Crippen LogP contribution in [-0.4, -0.2) is 70.6 Å². The third-order valence-corrected chi connectivity index (χ3v) is 7.93. The molecule has 4 aromatic rings. The number of nitrogens with zero attached hydrogens (tertiary/aromatic N) is 7. The van der Waals surface area contributed by atoms with Gasteiger partial charge in [0.1, 0.15) is 12.5 Å². The summed E-state index contributed by atoms with van der Waals surface area (Å²) in [7, 11) is 0. The molecule has 0 spiro atoms. The maximum Gasteiger partial charge on any atom is 0.123 e. The van der Waals surface area contributed by atoms with Crippen LogP contribution in [0.5, 0.6) is 0 Å². The van der Waals surface area contributed by atoms with Crippen LogP contribution in [0.4, 0.5) is 21.5 Å². The van der Waals surface area contributed by atoms with E-state index in [4.69, 9.17) is 4.74 Å². The first-order valence-electron chi connectivity index (χ1n) is 14.1. The molecule has 0 radical (unpaired) electrons. The van der Waals surface area contributed by atoms with Gasteiger partial charge in [-0.15, -0.1) is 5.10 Å². The van der Waals surface area contributed by atoms with Gasteiger partial charge in [0.05, 0.1) is 36.5 Å². The number of halogens is 1. The summed E-state index contributed by atoms with van der Waals surface area (Å²) >= 11 is 0. The van der Waals surface area contributed by atoms with Gasteiger partial charge in [-0.05, 0) is 70.8 Å². The van der Waals surface area contributed by atoms with E-state index in [1.54, 1.807) is 16.9 Å². The summed E-state index contributed by atoms with van der Waals surface area (Å²) in [5.41, 5.74) is 12.2. The largest absolute Gasteiger partial charge is 0.379 e. The second-order valence-electron chi connectivity index (χ2n) is 10.9. The van der Waals surface area contributed by atoms with Crippen molar-refractivity contribution >= 4 is 23.3 Å². The van der Waals surface area contributed by atoms with Crippen molar-refractivity contribution in [1.82, 2.24) is 24.9 Å². The summed E-state index contributed by atoms with van der Waals surface area (Å²) in [6.07, 6.45) is 4.84. The molecule has 1 aromatic heterocycles. The minimum absolute atomic E-state index is 0.177. The highest BCUT2D eigenvalue weighted by Gasteiger charge is 2.21. The van der Waals surface area contributed by atoms with Gasteiger partial charge >= 0.3 is 0 Å². The van der Waals surface area contributed by atoms with Gasteiger partial charge in [0.15, 0.2) is 0 Å². The maximum absolute atomic E-state index is 13.6. The zero-order valence-electron chi connectivity index (χ0n) is 22.9. The van der Waals surface area contributed by atoms with Crippen molar-refractivity contribution in [2.24, 2.45) is 4.99 Å². The Balaban J connectivity index is 1.02. The average Bonchev–Trinajstić information content (AvgIpc) is 3.43. The van der Waals surface area contributed by atoms with Crippen molar-refractivity contribution in [3.8, 4) is 0 Å². The van der Waals surface area contributed by atoms with E-state index in [1.807, 2.05) is 18.5 Å². The minimum atomic E-state index is -0.177. The first kappa shape index (κ1) is 25.8. The van der Waals surface area contributed by atoms with Crippen LogP contribution in [0.15, 0.2) is 71.9 Å². The van der Waals surface area contributed by atoms with E-state index in [1.165, 1.54) is 17.2 Å². The number of morpholine rings is 1. The lowest BCUT2D eigenvalue weighted by Crippen LogP contribution is -2.35. The molecule has 1 N–H and O–H groups in total. The minimum Gasteiger partial charge on any atom is -0.379 e. The second kappa shape index (κ2) is 11.4. The SMILES string of the molecule is Fc1cccc(CN2CCc3cc(N4CN=Cc5cc(Nn6cc(CN7CCOCC7)nn6)ccc54)ccc3C2)c1. The van der Waals surface area contributed by atoms with Crippen LogP contribution in [0.25, 0.3) is 0 Å². The average molecular weight is 553 g/mol. The number of hydrogen-bond donors (Lipinski definition) is 1. The Hall–Kier alpha value is -4.12. The topological polar surface area (TPSA) is 74.0 Å². The van der Waals surface area contributed by atoms with E-state index in [0.717, 1.165) is 92.8 Å². The van der Waals surface area contributed by atoms with Crippen molar-refractivity contribution in [2.75, 3.05) is 49.8 Å².